The van der Waals surface area contributed by atoms with Crippen molar-refractivity contribution in [3.05, 3.63) is 12.8 Å². The average Bonchev–Trinajstić information content (AvgIpc) is 2.21. The zero-order valence-corrected chi connectivity index (χ0v) is 9.89. The van der Waals surface area contributed by atoms with Gasteiger partial charge in [0.25, 0.3) is 0 Å². The average molecular weight is 198 g/mol. The lowest BCUT2D eigenvalue weighted by Gasteiger charge is -2.19. The van der Waals surface area contributed by atoms with Gasteiger partial charge in [0.1, 0.15) is 0 Å². The molecule has 0 saturated carbocycles. The molecule has 0 aliphatic carbocycles. The Balaban J connectivity index is 3.19. The molecule has 0 unspecified atom stereocenters. The van der Waals surface area contributed by atoms with Gasteiger partial charge in [-0.3, -0.25) is 0 Å². The summed E-state index contributed by atoms with van der Waals surface area (Å²) in [4.78, 5) is 2.53. The number of nitrogens with zero attached hydrogens (tertiary/aromatic N) is 1. The van der Waals surface area contributed by atoms with Crippen molar-refractivity contribution in [1.29, 1.82) is 0 Å². The Bertz CT molecular complexity index is 123. The molecule has 0 rings (SSSR count). The highest BCUT2D eigenvalue weighted by Crippen LogP contribution is 1.99. The molecule has 0 saturated heterocycles. The second-order valence-electron chi connectivity index (χ2n) is 3.65. The Morgan fingerprint density at radius 3 is 2.50 bits per heavy atom. The third kappa shape index (κ3) is 8.11. The quantitative estimate of drug-likeness (QED) is 0.543. The Labute approximate surface area is 89.4 Å². The first-order valence-electron chi connectivity index (χ1n) is 5.91. The number of hydrogen-bond donors (Lipinski definition) is 1. The van der Waals surface area contributed by atoms with Gasteiger partial charge in [0, 0.05) is 6.54 Å². The van der Waals surface area contributed by atoms with Crippen LogP contribution in [0, 0.1) is 0 Å². The summed E-state index contributed by atoms with van der Waals surface area (Å²) in [6.07, 6.45) is 6.95. The fraction of sp³-hybridized carbons (Fsp3) is 0.833. The van der Waals surface area contributed by atoms with E-state index in [0.717, 1.165) is 6.54 Å². The summed E-state index contributed by atoms with van der Waals surface area (Å²) >= 11 is 0. The van der Waals surface area contributed by atoms with E-state index in [-0.39, 0.29) is 0 Å². The summed E-state index contributed by atoms with van der Waals surface area (Å²) in [5.41, 5.74) is 0. The van der Waals surface area contributed by atoms with Crippen molar-refractivity contribution in [2.24, 2.45) is 0 Å². The molecule has 0 heterocycles. The van der Waals surface area contributed by atoms with Crippen molar-refractivity contribution in [1.82, 2.24) is 10.2 Å². The number of rotatable bonds is 10. The van der Waals surface area contributed by atoms with E-state index < -0.39 is 0 Å². The minimum atomic E-state index is 1.07. The molecule has 1 N–H and O–H groups in total. The van der Waals surface area contributed by atoms with E-state index in [1.165, 1.54) is 45.3 Å². The van der Waals surface area contributed by atoms with E-state index in [4.69, 9.17) is 0 Å². The van der Waals surface area contributed by atoms with E-state index >= 15 is 0 Å². The molecule has 2 heteroatoms. The monoisotopic (exact) mass is 198 g/mol. The first-order valence-corrected chi connectivity index (χ1v) is 5.91. The van der Waals surface area contributed by atoms with Gasteiger partial charge in [-0.25, -0.2) is 0 Å². The SMILES string of the molecule is C=CNCCCCCN(CC)CCC. The summed E-state index contributed by atoms with van der Waals surface area (Å²) in [6.45, 7) is 12.9. The van der Waals surface area contributed by atoms with Crippen LogP contribution in [-0.4, -0.2) is 31.1 Å². The largest absolute Gasteiger partial charge is 0.391 e. The smallest absolute Gasteiger partial charge is 0.0141 e. The van der Waals surface area contributed by atoms with Crippen molar-refractivity contribution >= 4 is 0 Å². The molecule has 0 aromatic heterocycles. The molecule has 0 spiro atoms. The molecule has 0 aromatic carbocycles. The number of nitrogens with one attached hydrogen (secondary N) is 1. The predicted octanol–water partition coefficient (Wildman–Crippen LogP) is 2.62. The second kappa shape index (κ2) is 10.6. The molecule has 0 aromatic rings. The zero-order valence-electron chi connectivity index (χ0n) is 9.89. The van der Waals surface area contributed by atoms with Gasteiger partial charge in [0.2, 0.25) is 0 Å². The van der Waals surface area contributed by atoms with Crippen molar-refractivity contribution < 1.29 is 0 Å². The van der Waals surface area contributed by atoms with E-state index in [1.54, 1.807) is 6.20 Å². The van der Waals surface area contributed by atoms with Gasteiger partial charge in [-0.05, 0) is 45.1 Å². The van der Waals surface area contributed by atoms with Crippen LogP contribution in [0.25, 0.3) is 0 Å². The predicted molar refractivity (Wildman–Crippen MR) is 64.5 cm³/mol. The maximum Gasteiger partial charge on any atom is 0.0141 e. The van der Waals surface area contributed by atoms with Crippen LogP contribution in [0.4, 0.5) is 0 Å². The number of hydrogen-bond acceptors (Lipinski definition) is 2. The molecule has 14 heavy (non-hydrogen) atoms. The highest BCUT2D eigenvalue weighted by molar-refractivity contribution is 4.62. The molecule has 0 fully saturated rings. The van der Waals surface area contributed by atoms with Crippen LogP contribution in [0.5, 0.6) is 0 Å². The van der Waals surface area contributed by atoms with Crippen molar-refractivity contribution in [3.8, 4) is 0 Å². The van der Waals surface area contributed by atoms with Crippen molar-refractivity contribution in [3.63, 3.8) is 0 Å². The van der Waals surface area contributed by atoms with Gasteiger partial charge < -0.3 is 10.2 Å². The van der Waals surface area contributed by atoms with Gasteiger partial charge >= 0.3 is 0 Å². The minimum absolute atomic E-state index is 1.07. The van der Waals surface area contributed by atoms with E-state index in [0.29, 0.717) is 0 Å². The lowest BCUT2D eigenvalue weighted by Crippen LogP contribution is -2.25. The molecule has 2 nitrogen and oxygen atoms in total. The first-order chi connectivity index (χ1) is 6.85. The van der Waals surface area contributed by atoms with Crippen molar-refractivity contribution in [2.45, 2.75) is 39.5 Å². The van der Waals surface area contributed by atoms with Crippen LogP contribution in [0.2, 0.25) is 0 Å². The summed E-state index contributed by atoms with van der Waals surface area (Å²) in [6, 6.07) is 0. The molecule has 84 valence electrons. The lowest BCUT2D eigenvalue weighted by atomic mass is 10.2. The Morgan fingerprint density at radius 1 is 1.14 bits per heavy atom. The summed E-state index contributed by atoms with van der Waals surface area (Å²) in [5, 5.41) is 3.13. The van der Waals surface area contributed by atoms with Gasteiger partial charge in [0.15, 0.2) is 0 Å². The minimum Gasteiger partial charge on any atom is -0.391 e. The maximum atomic E-state index is 3.62. The Hall–Kier alpha value is -0.500. The van der Waals surface area contributed by atoms with Crippen LogP contribution in [0.3, 0.4) is 0 Å². The topological polar surface area (TPSA) is 15.3 Å². The summed E-state index contributed by atoms with van der Waals surface area (Å²) in [7, 11) is 0. The molecule has 0 amide bonds. The maximum absolute atomic E-state index is 3.62. The normalized spacial score (nSPS) is 10.5. The fourth-order valence-electron chi connectivity index (χ4n) is 1.59. The highest BCUT2D eigenvalue weighted by Gasteiger charge is 1.99. The van der Waals surface area contributed by atoms with Crippen LogP contribution in [0.15, 0.2) is 12.8 Å². The van der Waals surface area contributed by atoms with E-state index in [2.05, 4.69) is 30.6 Å². The highest BCUT2D eigenvalue weighted by atomic mass is 15.1. The van der Waals surface area contributed by atoms with Gasteiger partial charge in [-0.2, -0.15) is 0 Å². The molecule has 0 radical (unpaired) electrons. The van der Waals surface area contributed by atoms with Crippen molar-refractivity contribution in [2.75, 3.05) is 26.2 Å². The van der Waals surface area contributed by atoms with Gasteiger partial charge in [0.05, 0.1) is 0 Å². The molecule has 0 atom stereocenters. The standard InChI is InChI=1S/C12H26N2/c1-4-11-14(6-3)12-9-7-8-10-13-5-2/h5,13H,2,4,6-12H2,1,3H3. The first kappa shape index (κ1) is 13.5. The number of unbranched alkanes of at least 4 members (excludes halogenated alkanes) is 2. The third-order valence-electron chi connectivity index (χ3n) is 2.43. The molecule has 0 bridgehead atoms. The van der Waals surface area contributed by atoms with Crippen LogP contribution in [-0.2, 0) is 0 Å². The van der Waals surface area contributed by atoms with E-state index in [1.807, 2.05) is 0 Å². The van der Waals surface area contributed by atoms with Gasteiger partial charge in [-0.1, -0.05) is 26.8 Å². The van der Waals surface area contributed by atoms with Crippen LogP contribution < -0.4 is 5.32 Å². The summed E-state index contributed by atoms with van der Waals surface area (Å²) in [5.74, 6) is 0. The van der Waals surface area contributed by atoms with Crippen LogP contribution >= 0.6 is 0 Å². The molecular weight excluding hydrogens is 172 g/mol. The van der Waals surface area contributed by atoms with Crippen LogP contribution in [0.1, 0.15) is 39.5 Å². The summed E-state index contributed by atoms with van der Waals surface area (Å²) < 4.78 is 0. The molecular formula is C12H26N2. The van der Waals surface area contributed by atoms with Gasteiger partial charge in [-0.15, -0.1) is 0 Å². The lowest BCUT2D eigenvalue weighted by molar-refractivity contribution is 0.281. The van der Waals surface area contributed by atoms with E-state index in [9.17, 15) is 0 Å². The fourth-order valence-corrected chi connectivity index (χ4v) is 1.59. The second-order valence-corrected chi connectivity index (χ2v) is 3.65. The Morgan fingerprint density at radius 2 is 1.93 bits per heavy atom. The zero-order chi connectivity index (χ0) is 10.6. The third-order valence-corrected chi connectivity index (χ3v) is 2.43. The molecule has 0 aliphatic heterocycles. The molecule has 0 aliphatic rings. The Kier molecular flexibility index (Phi) is 10.2.